The lowest BCUT2D eigenvalue weighted by Gasteiger charge is -2.54. The second-order valence-electron chi connectivity index (χ2n) is 6.16. The Morgan fingerprint density at radius 3 is 2.22 bits per heavy atom. The number of quaternary nitrogens is 2. The first kappa shape index (κ1) is 13.6. The van der Waals surface area contributed by atoms with Crippen LogP contribution in [-0.2, 0) is 0 Å². The van der Waals surface area contributed by atoms with Crippen molar-refractivity contribution in [3.8, 4) is 0 Å². The van der Waals surface area contributed by atoms with Gasteiger partial charge in [0.2, 0.25) is 0 Å². The van der Waals surface area contributed by atoms with E-state index in [4.69, 9.17) is 11.5 Å². The molecule has 3 heterocycles. The number of hydrogen-bond donors (Lipinski definition) is 4. The summed E-state index contributed by atoms with van der Waals surface area (Å²) in [6.45, 7) is 12.3. The van der Waals surface area contributed by atoms with Crippen LogP contribution in [0.25, 0.3) is 0 Å². The van der Waals surface area contributed by atoms with Crippen LogP contribution in [-0.4, -0.2) is 87.4 Å². The van der Waals surface area contributed by atoms with Crippen molar-refractivity contribution < 1.29 is 14.0 Å². The van der Waals surface area contributed by atoms with Gasteiger partial charge < -0.3 is 14.3 Å². The van der Waals surface area contributed by atoms with Gasteiger partial charge in [0.15, 0.2) is 0 Å². The Bertz CT molecular complexity index is 285. The highest BCUT2D eigenvalue weighted by molar-refractivity contribution is 5.69. The van der Waals surface area contributed by atoms with Gasteiger partial charge in [0.25, 0.3) is 0 Å². The van der Waals surface area contributed by atoms with Crippen molar-refractivity contribution in [2.45, 2.75) is 0 Å². The predicted octanol–water partition coefficient (Wildman–Crippen LogP) is -3.78. The van der Waals surface area contributed by atoms with E-state index in [2.05, 4.69) is 17.4 Å². The molecule has 3 aliphatic heterocycles. The van der Waals surface area contributed by atoms with Gasteiger partial charge in [0.1, 0.15) is 39.3 Å². The Hall–Kier alpha value is -0.850. The Morgan fingerprint density at radius 1 is 1.06 bits per heavy atom. The van der Waals surface area contributed by atoms with E-state index in [1.165, 1.54) is 54.8 Å². The average Bonchev–Trinajstić information content (AvgIpc) is 2.35. The number of guanidine groups is 1. The summed E-state index contributed by atoms with van der Waals surface area (Å²) in [6, 6.07) is 0. The van der Waals surface area contributed by atoms with Crippen molar-refractivity contribution in [2.75, 3.05) is 72.5 Å². The molecule has 0 amide bonds. The molecule has 3 saturated heterocycles. The summed E-state index contributed by atoms with van der Waals surface area (Å²) in [4.78, 5) is 2.92. The van der Waals surface area contributed by atoms with Crippen LogP contribution >= 0.6 is 0 Å². The minimum absolute atomic E-state index is 0.308. The van der Waals surface area contributed by atoms with Crippen LogP contribution in [0.5, 0.6) is 0 Å². The molecule has 0 unspecified atom stereocenters. The highest BCUT2D eigenvalue weighted by atomic mass is 15.5. The van der Waals surface area contributed by atoms with Crippen LogP contribution in [0.1, 0.15) is 0 Å². The van der Waals surface area contributed by atoms with E-state index >= 15 is 0 Å². The van der Waals surface area contributed by atoms with Gasteiger partial charge in [-0.25, -0.2) is 0 Å². The summed E-state index contributed by atoms with van der Waals surface area (Å²) in [5.41, 5.74) is 10.7. The van der Waals surface area contributed by atoms with Crippen LogP contribution in [0.2, 0.25) is 0 Å². The summed E-state index contributed by atoms with van der Waals surface area (Å²) in [5, 5.41) is 3.47. The van der Waals surface area contributed by atoms with E-state index in [0.29, 0.717) is 5.96 Å². The zero-order valence-corrected chi connectivity index (χ0v) is 11.6. The van der Waals surface area contributed by atoms with Gasteiger partial charge >= 0.3 is 5.96 Å². The van der Waals surface area contributed by atoms with Crippen molar-refractivity contribution >= 4 is 5.96 Å². The van der Waals surface area contributed by atoms with Crippen LogP contribution in [0.15, 0.2) is 0 Å². The summed E-state index contributed by atoms with van der Waals surface area (Å²) in [7, 11) is 2.41. The Labute approximate surface area is 110 Å². The second-order valence-corrected chi connectivity index (χ2v) is 6.16. The van der Waals surface area contributed by atoms with E-state index in [9.17, 15) is 0 Å². The topological polar surface area (TPSA) is 78.0 Å². The largest absolute Gasteiger partial charge is 0.338 e. The van der Waals surface area contributed by atoms with Crippen molar-refractivity contribution in [3.63, 3.8) is 0 Å². The van der Waals surface area contributed by atoms with Crippen molar-refractivity contribution in [2.24, 2.45) is 11.5 Å². The predicted molar refractivity (Wildman–Crippen MR) is 72.6 cm³/mol. The zero-order chi connectivity index (χ0) is 13.1. The molecule has 0 aromatic rings. The molecule has 0 radical (unpaired) electrons. The molecule has 6 N–H and O–H groups in total. The minimum Gasteiger partial charge on any atom is -0.312 e. The maximum absolute atomic E-state index is 5.34. The molecule has 6 nitrogen and oxygen atoms in total. The van der Waals surface area contributed by atoms with E-state index in [1.807, 2.05) is 0 Å². The molecular formula is C12H29N6+3. The van der Waals surface area contributed by atoms with E-state index < -0.39 is 0 Å². The van der Waals surface area contributed by atoms with Gasteiger partial charge in [-0.3, -0.25) is 16.5 Å². The van der Waals surface area contributed by atoms with Crippen LogP contribution in [0.4, 0.5) is 0 Å². The standard InChI is InChI=1S/C12H28N6/c1-17-6-9-18(10-7-17,11-8-17)5-4-15-2-3-16-12(13)14/h15H,2-11H2,1H3,(H4,13,14,16)/q+2/p+1. The number of nitrogens with one attached hydrogen (secondary N) is 2. The molecule has 2 bridgehead atoms. The van der Waals surface area contributed by atoms with Gasteiger partial charge in [0, 0.05) is 13.1 Å². The van der Waals surface area contributed by atoms with E-state index in [-0.39, 0.29) is 0 Å². The maximum atomic E-state index is 5.34. The molecule has 0 aromatic carbocycles. The quantitative estimate of drug-likeness (QED) is 0.171. The lowest BCUT2D eigenvalue weighted by Crippen LogP contribution is -2.79. The number of nitrogens with two attached hydrogens (primary N) is 2. The first-order valence-corrected chi connectivity index (χ1v) is 7.05. The zero-order valence-electron chi connectivity index (χ0n) is 11.6. The average molecular weight is 257 g/mol. The monoisotopic (exact) mass is 257 g/mol. The van der Waals surface area contributed by atoms with Crippen LogP contribution in [0.3, 0.4) is 0 Å². The van der Waals surface area contributed by atoms with Gasteiger partial charge in [-0.1, -0.05) is 0 Å². The third kappa shape index (κ3) is 3.34. The Morgan fingerprint density at radius 2 is 1.67 bits per heavy atom. The maximum Gasteiger partial charge on any atom is 0.338 e. The first-order valence-electron chi connectivity index (χ1n) is 7.05. The SMILES string of the molecule is C[N+]12CC[N+](CCNCC[NH+]=C(N)N)(CC1)CC2. The fourth-order valence-electron chi connectivity index (χ4n) is 3.10. The molecule has 3 fully saturated rings. The molecule has 0 spiro atoms. The van der Waals surface area contributed by atoms with Crippen molar-refractivity contribution in [1.82, 2.24) is 5.32 Å². The molecule has 0 saturated carbocycles. The molecule has 104 valence electrons. The van der Waals surface area contributed by atoms with Crippen LogP contribution < -0.4 is 21.8 Å². The highest BCUT2D eigenvalue weighted by Crippen LogP contribution is 2.23. The number of nitrogens with zero attached hydrogens (tertiary/aromatic N) is 2. The van der Waals surface area contributed by atoms with Crippen molar-refractivity contribution in [3.05, 3.63) is 0 Å². The molecular weight excluding hydrogens is 228 g/mol. The number of hydrogen-bond acceptors (Lipinski definition) is 1. The third-order valence-corrected chi connectivity index (χ3v) is 4.74. The number of likely N-dealkylation sites (N-methyl/N-ethyl adjacent to an activating group) is 1. The Balaban J connectivity index is 1.64. The lowest BCUT2D eigenvalue weighted by molar-refractivity contribution is -1.07. The smallest absolute Gasteiger partial charge is 0.312 e. The van der Waals surface area contributed by atoms with E-state index in [1.54, 1.807) is 0 Å². The van der Waals surface area contributed by atoms with Gasteiger partial charge in [0.05, 0.1) is 20.1 Å². The van der Waals surface area contributed by atoms with Gasteiger partial charge in [-0.05, 0) is 0 Å². The molecule has 6 heteroatoms. The molecule has 0 atom stereocenters. The summed E-state index contributed by atoms with van der Waals surface area (Å²) in [5.74, 6) is 0.308. The summed E-state index contributed by atoms with van der Waals surface area (Å²) >= 11 is 0. The first-order chi connectivity index (χ1) is 8.54. The Kier molecular flexibility index (Phi) is 4.09. The molecule has 0 aliphatic carbocycles. The number of fused-ring (bicyclic) bond motifs is 3. The number of piperazine rings is 3. The molecule has 3 aliphatic rings. The van der Waals surface area contributed by atoms with Crippen LogP contribution in [0, 0.1) is 0 Å². The molecule has 18 heavy (non-hydrogen) atoms. The minimum atomic E-state index is 0.308. The molecule has 0 aromatic heterocycles. The third-order valence-electron chi connectivity index (χ3n) is 4.74. The molecule has 3 rings (SSSR count). The number of rotatable bonds is 6. The fourth-order valence-corrected chi connectivity index (χ4v) is 3.10. The van der Waals surface area contributed by atoms with Gasteiger partial charge in [-0.2, -0.15) is 0 Å². The van der Waals surface area contributed by atoms with Crippen molar-refractivity contribution in [1.29, 1.82) is 0 Å². The second kappa shape index (κ2) is 5.42. The van der Waals surface area contributed by atoms with Gasteiger partial charge in [-0.15, -0.1) is 0 Å². The summed E-state index contributed by atoms with van der Waals surface area (Å²) in [6.07, 6.45) is 0. The normalized spacial score (nSPS) is 34.5. The summed E-state index contributed by atoms with van der Waals surface area (Å²) < 4.78 is 2.64. The lowest BCUT2D eigenvalue weighted by atomic mass is 10.1. The fraction of sp³-hybridized carbons (Fsp3) is 0.917. The highest BCUT2D eigenvalue weighted by Gasteiger charge is 2.46. The van der Waals surface area contributed by atoms with E-state index in [0.717, 1.165) is 19.6 Å².